The molecule has 0 aliphatic rings. The lowest BCUT2D eigenvalue weighted by molar-refractivity contribution is 0.382. The number of rotatable bonds is 2. The van der Waals surface area contributed by atoms with Crippen molar-refractivity contribution in [2.75, 3.05) is 5.32 Å². The van der Waals surface area contributed by atoms with Gasteiger partial charge >= 0.3 is 0 Å². The molecule has 0 radical (unpaired) electrons. The first-order valence-corrected chi connectivity index (χ1v) is 4.96. The molecule has 2 aromatic carbocycles. The minimum Gasteiger partial charge on any atom is -0.351 e. The summed E-state index contributed by atoms with van der Waals surface area (Å²) in [7, 11) is 0. The van der Waals surface area contributed by atoms with Crippen molar-refractivity contribution in [3.05, 3.63) is 59.2 Å². The zero-order valence-corrected chi connectivity index (χ0v) is 9.08. The summed E-state index contributed by atoms with van der Waals surface area (Å²) in [5, 5.41) is 2.01. The molecular formula is C12H5F6N. The van der Waals surface area contributed by atoms with Gasteiger partial charge in [-0.05, 0) is 24.3 Å². The maximum absolute atomic E-state index is 13.3. The summed E-state index contributed by atoms with van der Waals surface area (Å²) in [6.07, 6.45) is 0. The SMILES string of the molecule is Fc1ccc(Nc2c(F)c(F)c(F)c(F)c2F)cc1. The summed E-state index contributed by atoms with van der Waals surface area (Å²) in [4.78, 5) is 0. The molecule has 100 valence electrons. The number of benzene rings is 2. The monoisotopic (exact) mass is 277 g/mol. The van der Waals surface area contributed by atoms with E-state index < -0.39 is 40.6 Å². The van der Waals surface area contributed by atoms with Crippen molar-refractivity contribution in [3.63, 3.8) is 0 Å². The Morgan fingerprint density at radius 3 is 1.47 bits per heavy atom. The summed E-state index contributed by atoms with van der Waals surface area (Å²) in [6.45, 7) is 0. The topological polar surface area (TPSA) is 12.0 Å². The van der Waals surface area contributed by atoms with Gasteiger partial charge in [-0.3, -0.25) is 0 Å². The molecule has 0 aromatic heterocycles. The van der Waals surface area contributed by atoms with Gasteiger partial charge in [0, 0.05) is 5.69 Å². The van der Waals surface area contributed by atoms with Gasteiger partial charge in [0.05, 0.1) is 0 Å². The predicted molar refractivity (Wildman–Crippen MR) is 55.9 cm³/mol. The molecule has 0 bridgehead atoms. The van der Waals surface area contributed by atoms with Gasteiger partial charge in [-0.25, -0.2) is 26.3 Å². The second-order valence-electron chi connectivity index (χ2n) is 3.58. The highest BCUT2D eigenvalue weighted by atomic mass is 19.2. The van der Waals surface area contributed by atoms with Gasteiger partial charge in [0.1, 0.15) is 11.5 Å². The fourth-order valence-electron chi connectivity index (χ4n) is 1.39. The van der Waals surface area contributed by atoms with E-state index in [4.69, 9.17) is 0 Å². The standard InChI is InChI=1S/C12H5F6N/c13-5-1-3-6(4-2-5)19-12-10(17)8(15)7(14)9(16)11(12)18/h1-4,19H. The molecule has 0 spiro atoms. The normalized spacial score (nSPS) is 10.6. The van der Waals surface area contributed by atoms with Gasteiger partial charge in [-0.15, -0.1) is 0 Å². The summed E-state index contributed by atoms with van der Waals surface area (Å²) in [5.41, 5.74) is -1.22. The lowest BCUT2D eigenvalue weighted by atomic mass is 10.2. The molecule has 0 atom stereocenters. The first-order chi connectivity index (χ1) is 8.91. The Balaban J connectivity index is 2.48. The molecule has 0 unspecified atom stereocenters. The summed E-state index contributed by atoms with van der Waals surface area (Å²) < 4.78 is 77.8. The van der Waals surface area contributed by atoms with E-state index in [9.17, 15) is 26.3 Å². The van der Waals surface area contributed by atoms with Gasteiger partial charge in [0.2, 0.25) is 5.82 Å². The van der Waals surface area contributed by atoms with Gasteiger partial charge < -0.3 is 5.32 Å². The van der Waals surface area contributed by atoms with Crippen LogP contribution >= 0.6 is 0 Å². The lowest BCUT2D eigenvalue weighted by Crippen LogP contribution is -2.06. The van der Waals surface area contributed by atoms with Crippen molar-refractivity contribution in [2.24, 2.45) is 0 Å². The molecule has 0 fully saturated rings. The Morgan fingerprint density at radius 1 is 0.579 bits per heavy atom. The van der Waals surface area contributed by atoms with Crippen molar-refractivity contribution in [1.29, 1.82) is 0 Å². The zero-order valence-electron chi connectivity index (χ0n) is 9.08. The third kappa shape index (κ3) is 2.35. The molecule has 0 aliphatic carbocycles. The molecule has 2 rings (SSSR count). The van der Waals surface area contributed by atoms with Crippen LogP contribution in [0.4, 0.5) is 37.7 Å². The van der Waals surface area contributed by atoms with E-state index in [-0.39, 0.29) is 5.69 Å². The van der Waals surface area contributed by atoms with E-state index >= 15 is 0 Å². The molecule has 2 aromatic rings. The van der Waals surface area contributed by atoms with Crippen LogP contribution in [0.15, 0.2) is 24.3 Å². The highest BCUT2D eigenvalue weighted by Gasteiger charge is 2.25. The Labute approximate surface area is 103 Å². The third-order valence-corrected chi connectivity index (χ3v) is 2.32. The Morgan fingerprint density at radius 2 is 1.00 bits per heavy atom. The summed E-state index contributed by atoms with van der Waals surface area (Å²) in [6, 6.07) is 4.11. The number of halogens is 6. The van der Waals surface area contributed by atoms with E-state index in [0.29, 0.717) is 0 Å². The van der Waals surface area contributed by atoms with Crippen LogP contribution in [0.3, 0.4) is 0 Å². The molecular weight excluding hydrogens is 272 g/mol. The van der Waals surface area contributed by atoms with Crippen LogP contribution in [-0.2, 0) is 0 Å². The van der Waals surface area contributed by atoms with Gasteiger partial charge in [0.25, 0.3) is 0 Å². The van der Waals surface area contributed by atoms with Crippen molar-refractivity contribution < 1.29 is 26.3 Å². The second-order valence-corrected chi connectivity index (χ2v) is 3.58. The van der Waals surface area contributed by atoms with E-state index in [1.807, 2.05) is 5.32 Å². The second kappa shape index (κ2) is 4.83. The first-order valence-electron chi connectivity index (χ1n) is 4.96. The molecule has 0 saturated carbocycles. The molecule has 0 amide bonds. The Hall–Kier alpha value is -2.18. The summed E-state index contributed by atoms with van der Waals surface area (Å²) in [5.74, 6) is -10.9. The fraction of sp³-hybridized carbons (Fsp3) is 0. The van der Waals surface area contributed by atoms with Crippen molar-refractivity contribution in [3.8, 4) is 0 Å². The predicted octanol–water partition coefficient (Wildman–Crippen LogP) is 4.26. The van der Waals surface area contributed by atoms with Crippen molar-refractivity contribution >= 4 is 11.4 Å². The highest BCUT2D eigenvalue weighted by molar-refractivity contribution is 5.61. The van der Waals surface area contributed by atoms with Crippen LogP contribution in [0, 0.1) is 34.9 Å². The van der Waals surface area contributed by atoms with Crippen LogP contribution in [0.25, 0.3) is 0 Å². The van der Waals surface area contributed by atoms with Crippen LogP contribution in [-0.4, -0.2) is 0 Å². The van der Waals surface area contributed by atoms with Crippen LogP contribution in [0.5, 0.6) is 0 Å². The minimum absolute atomic E-state index is 0.0235. The van der Waals surface area contributed by atoms with Crippen LogP contribution in [0.1, 0.15) is 0 Å². The molecule has 0 saturated heterocycles. The molecule has 0 heterocycles. The number of hydrogen-bond donors (Lipinski definition) is 1. The lowest BCUT2D eigenvalue weighted by Gasteiger charge is -2.10. The number of hydrogen-bond acceptors (Lipinski definition) is 1. The quantitative estimate of drug-likeness (QED) is 0.491. The van der Waals surface area contributed by atoms with Crippen molar-refractivity contribution in [2.45, 2.75) is 0 Å². The van der Waals surface area contributed by atoms with E-state index in [1.54, 1.807) is 0 Å². The van der Waals surface area contributed by atoms with Crippen molar-refractivity contribution in [1.82, 2.24) is 0 Å². The Bertz CT molecular complexity index is 594. The minimum atomic E-state index is -2.24. The molecule has 19 heavy (non-hydrogen) atoms. The molecule has 1 nitrogen and oxygen atoms in total. The molecule has 1 N–H and O–H groups in total. The highest BCUT2D eigenvalue weighted by Crippen LogP contribution is 2.29. The van der Waals surface area contributed by atoms with E-state index in [2.05, 4.69) is 0 Å². The number of nitrogens with one attached hydrogen (secondary N) is 1. The Kier molecular flexibility index (Phi) is 3.37. The van der Waals surface area contributed by atoms with Gasteiger partial charge in [-0.2, -0.15) is 0 Å². The number of anilines is 2. The first kappa shape index (κ1) is 13.3. The molecule has 0 aliphatic heterocycles. The fourth-order valence-corrected chi connectivity index (χ4v) is 1.39. The average molecular weight is 277 g/mol. The van der Waals surface area contributed by atoms with Crippen LogP contribution in [0.2, 0.25) is 0 Å². The largest absolute Gasteiger partial charge is 0.351 e. The molecule has 7 heteroatoms. The van der Waals surface area contributed by atoms with Gasteiger partial charge in [0.15, 0.2) is 23.3 Å². The van der Waals surface area contributed by atoms with Crippen LogP contribution < -0.4 is 5.32 Å². The maximum atomic E-state index is 13.3. The van der Waals surface area contributed by atoms with E-state index in [0.717, 1.165) is 24.3 Å². The summed E-state index contributed by atoms with van der Waals surface area (Å²) >= 11 is 0. The zero-order chi connectivity index (χ0) is 14.2. The average Bonchev–Trinajstić information content (AvgIpc) is 2.41. The maximum Gasteiger partial charge on any atom is 0.200 e. The van der Waals surface area contributed by atoms with E-state index in [1.165, 1.54) is 0 Å². The van der Waals surface area contributed by atoms with Gasteiger partial charge in [-0.1, -0.05) is 0 Å². The third-order valence-electron chi connectivity index (χ3n) is 2.32. The smallest absolute Gasteiger partial charge is 0.200 e.